The summed E-state index contributed by atoms with van der Waals surface area (Å²) in [4.78, 5) is 18.0. The maximum absolute atomic E-state index is 13.3. The number of rotatable bonds is 4. The summed E-state index contributed by atoms with van der Waals surface area (Å²) >= 11 is 4.93. The van der Waals surface area contributed by atoms with Gasteiger partial charge in [0.1, 0.15) is 0 Å². The molecule has 4 aromatic rings. The molecule has 0 atom stereocenters. The highest BCUT2D eigenvalue weighted by Gasteiger charge is 2.22. The van der Waals surface area contributed by atoms with Gasteiger partial charge in [-0.3, -0.25) is 9.89 Å². The highest BCUT2D eigenvalue weighted by molar-refractivity contribution is 9.10. The summed E-state index contributed by atoms with van der Waals surface area (Å²) in [6.45, 7) is 8.29. The van der Waals surface area contributed by atoms with Crippen LogP contribution < -0.4 is 5.56 Å². The average Bonchev–Trinajstić information content (AvgIpc) is 3.35. The molecule has 4 rings (SSSR count). The number of nitrogens with one attached hydrogen (secondary N) is 1. The summed E-state index contributed by atoms with van der Waals surface area (Å²) in [6.07, 6.45) is 0. The van der Waals surface area contributed by atoms with Gasteiger partial charge in [-0.15, -0.1) is 16.5 Å². The normalized spacial score (nSPS) is 12.0. The Labute approximate surface area is 192 Å². The Balaban J connectivity index is 1.83. The fourth-order valence-electron chi connectivity index (χ4n) is 2.93. The summed E-state index contributed by atoms with van der Waals surface area (Å²) in [5.74, 6) is 0. The number of azo groups is 1. The van der Waals surface area contributed by atoms with Gasteiger partial charge in [0, 0.05) is 20.8 Å². The SMILES string of the molecule is Cc1ccc(N=Nc2c(-c3ccccc3)[nH]n(-c3nc(C(C)(C)C)cs3)c2=O)cc1Br. The van der Waals surface area contributed by atoms with Crippen molar-refractivity contribution < 1.29 is 0 Å². The predicted molar refractivity (Wildman–Crippen MR) is 129 cm³/mol. The maximum Gasteiger partial charge on any atom is 0.301 e. The fourth-order valence-corrected chi connectivity index (χ4v) is 4.30. The molecule has 0 fully saturated rings. The monoisotopic (exact) mass is 495 g/mol. The number of aromatic nitrogens is 3. The van der Waals surface area contributed by atoms with E-state index in [9.17, 15) is 4.79 Å². The van der Waals surface area contributed by atoms with Gasteiger partial charge in [0.2, 0.25) is 5.13 Å². The van der Waals surface area contributed by atoms with E-state index in [2.05, 4.69) is 57.0 Å². The zero-order valence-corrected chi connectivity index (χ0v) is 20.1. The summed E-state index contributed by atoms with van der Waals surface area (Å²) in [6, 6.07) is 15.3. The maximum atomic E-state index is 13.3. The van der Waals surface area contributed by atoms with Crippen molar-refractivity contribution in [2.24, 2.45) is 10.2 Å². The Kier molecular flexibility index (Phi) is 5.77. The molecule has 0 amide bonds. The molecule has 0 aliphatic carbocycles. The number of nitrogens with zero attached hydrogens (tertiary/aromatic N) is 4. The van der Waals surface area contributed by atoms with E-state index >= 15 is 0 Å². The second kappa shape index (κ2) is 8.36. The zero-order valence-electron chi connectivity index (χ0n) is 17.7. The van der Waals surface area contributed by atoms with Crippen molar-refractivity contribution >= 4 is 38.6 Å². The first-order chi connectivity index (χ1) is 14.7. The number of benzene rings is 2. The Bertz CT molecular complexity index is 1310. The topological polar surface area (TPSA) is 75.4 Å². The number of aryl methyl sites for hydroxylation is 1. The molecular formula is C23H22BrN5OS. The summed E-state index contributed by atoms with van der Waals surface area (Å²) in [5.41, 5.74) is 4.01. The molecule has 1 N–H and O–H groups in total. The van der Waals surface area contributed by atoms with Crippen LogP contribution in [0.2, 0.25) is 0 Å². The van der Waals surface area contributed by atoms with Gasteiger partial charge >= 0.3 is 5.56 Å². The first kappa shape index (κ1) is 21.4. The molecule has 0 saturated carbocycles. The zero-order chi connectivity index (χ0) is 22.2. The standard InChI is InChI=1S/C23H22BrN5OS/c1-14-10-11-16(12-17(14)24)26-27-20-19(15-8-6-5-7-9-15)28-29(21(20)30)22-25-18(13-31-22)23(2,3)4/h5-13,28H,1-4H3. The smallest absolute Gasteiger partial charge is 0.286 e. The molecule has 158 valence electrons. The molecule has 6 nitrogen and oxygen atoms in total. The molecule has 0 saturated heterocycles. The Morgan fingerprint density at radius 1 is 1.10 bits per heavy atom. The van der Waals surface area contributed by atoms with Gasteiger partial charge in [0.25, 0.3) is 0 Å². The van der Waals surface area contributed by atoms with E-state index < -0.39 is 0 Å². The lowest BCUT2D eigenvalue weighted by molar-refractivity contribution is 0.571. The number of hydrogen-bond donors (Lipinski definition) is 1. The van der Waals surface area contributed by atoms with Crippen LogP contribution in [-0.4, -0.2) is 14.8 Å². The van der Waals surface area contributed by atoms with Gasteiger partial charge < -0.3 is 0 Å². The van der Waals surface area contributed by atoms with Gasteiger partial charge in [-0.25, -0.2) is 4.98 Å². The predicted octanol–water partition coefficient (Wildman–Crippen LogP) is 7.07. The minimum atomic E-state index is -0.288. The molecule has 0 bridgehead atoms. The van der Waals surface area contributed by atoms with E-state index in [1.807, 2.05) is 60.8 Å². The lowest BCUT2D eigenvalue weighted by Crippen LogP contribution is -2.16. The van der Waals surface area contributed by atoms with Crippen LogP contribution in [0.15, 0.2) is 73.4 Å². The van der Waals surface area contributed by atoms with E-state index in [4.69, 9.17) is 0 Å². The lowest BCUT2D eigenvalue weighted by atomic mass is 9.93. The van der Waals surface area contributed by atoms with Gasteiger partial charge in [0.15, 0.2) is 5.69 Å². The lowest BCUT2D eigenvalue weighted by Gasteiger charge is -2.14. The fraction of sp³-hybridized carbons (Fsp3) is 0.217. The summed E-state index contributed by atoms with van der Waals surface area (Å²) < 4.78 is 2.39. The van der Waals surface area contributed by atoms with Gasteiger partial charge in [-0.2, -0.15) is 9.80 Å². The Hall–Kier alpha value is -2.84. The van der Waals surface area contributed by atoms with E-state index in [1.54, 1.807) is 0 Å². The second-order valence-electron chi connectivity index (χ2n) is 8.24. The van der Waals surface area contributed by atoms with Crippen molar-refractivity contribution in [3.8, 4) is 16.4 Å². The minimum absolute atomic E-state index is 0.103. The largest absolute Gasteiger partial charge is 0.301 e. The highest BCUT2D eigenvalue weighted by Crippen LogP contribution is 2.31. The van der Waals surface area contributed by atoms with Crippen molar-refractivity contribution in [1.82, 2.24) is 14.8 Å². The van der Waals surface area contributed by atoms with Crippen LogP contribution in [0.5, 0.6) is 0 Å². The van der Waals surface area contributed by atoms with Crippen molar-refractivity contribution in [2.75, 3.05) is 0 Å². The van der Waals surface area contributed by atoms with E-state index in [1.165, 1.54) is 16.0 Å². The number of thiazole rings is 1. The van der Waals surface area contributed by atoms with Gasteiger partial charge in [-0.1, -0.05) is 73.1 Å². The van der Waals surface area contributed by atoms with Gasteiger partial charge in [-0.05, 0) is 24.6 Å². The van der Waals surface area contributed by atoms with Crippen LogP contribution in [0.4, 0.5) is 11.4 Å². The van der Waals surface area contributed by atoms with E-state index in [-0.39, 0.29) is 16.7 Å². The molecule has 0 aliphatic heterocycles. The van der Waals surface area contributed by atoms with Crippen molar-refractivity contribution in [2.45, 2.75) is 33.1 Å². The Morgan fingerprint density at radius 2 is 1.84 bits per heavy atom. The van der Waals surface area contributed by atoms with Crippen LogP contribution in [0.3, 0.4) is 0 Å². The third-order valence-electron chi connectivity index (χ3n) is 4.80. The molecule has 0 radical (unpaired) electrons. The van der Waals surface area contributed by atoms with Crippen molar-refractivity contribution in [3.05, 3.63) is 80.0 Å². The molecule has 8 heteroatoms. The van der Waals surface area contributed by atoms with Crippen LogP contribution in [0.25, 0.3) is 16.4 Å². The molecule has 0 aliphatic rings. The molecule has 0 spiro atoms. The van der Waals surface area contributed by atoms with Crippen LogP contribution in [0.1, 0.15) is 32.0 Å². The quantitative estimate of drug-likeness (QED) is 0.307. The molecule has 2 aromatic carbocycles. The molecular weight excluding hydrogens is 474 g/mol. The van der Waals surface area contributed by atoms with Crippen LogP contribution >= 0.6 is 27.3 Å². The van der Waals surface area contributed by atoms with E-state index in [0.29, 0.717) is 16.5 Å². The highest BCUT2D eigenvalue weighted by atomic mass is 79.9. The molecule has 31 heavy (non-hydrogen) atoms. The molecule has 0 unspecified atom stereocenters. The number of aromatic amines is 1. The summed E-state index contributed by atoms with van der Waals surface area (Å²) in [7, 11) is 0. The first-order valence-electron chi connectivity index (χ1n) is 9.79. The number of H-pyrrole nitrogens is 1. The van der Waals surface area contributed by atoms with Crippen molar-refractivity contribution in [1.29, 1.82) is 0 Å². The summed E-state index contributed by atoms with van der Waals surface area (Å²) in [5, 5.41) is 14.4. The molecule has 2 heterocycles. The second-order valence-corrected chi connectivity index (χ2v) is 9.93. The van der Waals surface area contributed by atoms with Crippen LogP contribution in [0, 0.1) is 6.92 Å². The van der Waals surface area contributed by atoms with Crippen LogP contribution in [-0.2, 0) is 5.41 Å². The molecule has 2 aromatic heterocycles. The third-order valence-corrected chi connectivity index (χ3v) is 6.48. The number of halogens is 1. The van der Waals surface area contributed by atoms with E-state index in [0.717, 1.165) is 21.3 Å². The average molecular weight is 496 g/mol. The first-order valence-corrected chi connectivity index (χ1v) is 11.5. The van der Waals surface area contributed by atoms with Crippen molar-refractivity contribution in [3.63, 3.8) is 0 Å². The minimum Gasteiger partial charge on any atom is -0.286 e. The Morgan fingerprint density at radius 3 is 2.48 bits per heavy atom. The number of hydrogen-bond acceptors (Lipinski definition) is 5. The third kappa shape index (κ3) is 4.45. The van der Waals surface area contributed by atoms with Gasteiger partial charge in [0.05, 0.1) is 17.1 Å².